The highest BCUT2D eigenvalue weighted by Crippen LogP contribution is 2.31. The van der Waals surface area contributed by atoms with Gasteiger partial charge in [-0.25, -0.2) is 4.39 Å². The first-order valence-corrected chi connectivity index (χ1v) is 7.85. The fourth-order valence-corrected chi connectivity index (χ4v) is 2.02. The zero-order valence-electron chi connectivity index (χ0n) is 12.8. The molecule has 0 unspecified atom stereocenters. The van der Waals surface area contributed by atoms with E-state index >= 15 is 0 Å². The molecule has 0 aliphatic carbocycles. The maximum atomic E-state index is 14.1. The molecule has 0 aliphatic rings. The van der Waals surface area contributed by atoms with E-state index in [-0.39, 0.29) is 5.82 Å². The molecule has 1 aromatic carbocycles. The van der Waals surface area contributed by atoms with E-state index in [0.29, 0.717) is 48.1 Å². The summed E-state index contributed by atoms with van der Waals surface area (Å²) in [6, 6.07) is 3.15. The number of ether oxygens (including phenoxy) is 2. The van der Waals surface area contributed by atoms with Crippen LogP contribution in [0.5, 0.6) is 11.5 Å². The molecule has 2 N–H and O–H groups in total. The first kappa shape index (κ1) is 17.7. The molecule has 0 saturated carbocycles. The predicted molar refractivity (Wildman–Crippen MR) is 87.7 cm³/mol. The Balaban J connectivity index is 2.85. The molecular weight excluding hydrogens is 289 g/mol. The van der Waals surface area contributed by atoms with E-state index in [1.165, 1.54) is 6.07 Å². The van der Waals surface area contributed by atoms with E-state index < -0.39 is 0 Å². The summed E-state index contributed by atoms with van der Waals surface area (Å²) in [5.41, 5.74) is 6.07. The van der Waals surface area contributed by atoms with Gasteiger partial charge in [0.25, 0.3) is 0 Å². The van der Waals surface area contributed by atoms with Crippen LogP contribution in [0.1, 0.15) is 45.1 Å². The normalized spacial score (nSPS) is 10.4. The smallest absolute Gasteiger partial charge is 0.164 e. The molecule has 0 radical (unpaired) electrons. The Kier molecular flexibility index (Phi) is 8.05. The van der Waals surface area contributed by atoms with Crippen LogP contribution in [0.15, 0.2) is 12.1 Å². The standard InChI is InChI=1S/C16H24FNO2S/c1-3-8-19-14-10-12(6-5-7-16(18)21)13(17)11-15(14)20-9-4-2/h10-11H,3-9H2,1-2H3,(H2,18,21). The molecule has 1 aromatic rings. The number of halogens is 1. The Labute approximate surface area is 131 Å². The number of hydrogen-bond acceptors (Lipinski definition) is 3. The summed E-state index contributed by atoms with van der Waals surface area (Å²) >= 11 is 4.83. The van der Waals surface area contributed by atoms with Gasteiger partial charge in [0.15, 0.2) is 11.5 Å². The first-order chi connectivity index (χ1) is 10.1. The molecule has 0 amide bonds. The lowest BCUT2D eigenvalue weighted by Gasteiger charge is -2.14. The van der Waals surface area contributed by atoms with Crippen molar-refractivity contribution < 1.29 is 13.9 Å². The number of nitrogens with two attached hydrogens (primary N) is 1. The molecule has 118 valence electrons. The summed E-state index contributed by atoms with van der Waals surface area (Å²) in [6.07, 6.45) is 3.69. The van der Waals surface area contributed by atoms with Crippen LogP contribution in [0, 0.1) is 5.82 Å². The Morgan fingerprint density at radius 3 is 2.24 bits per heavy atom. The molecular formula is C16H24FNO2S. The second-order valence-corrected chi connectivity index (χ2v) is 5.43. The van der Waals surface area contributed by atoms with Crippen LogP contribution < -0.4 is 15.2 Å². The van der Waals surface area contributed by atoms with Crippen LogP contribution in [0.4, 0.5) is 4.39 Å². The van der Waals surface area contributed by atoms with Crippen LogP contribution in [0.25, 0.3) is 0 Å². The van der Waals surface area contributed by atoms with E-state index in [0.717, 1.165) is 19.3 Å². The number of benzene rings is 1. The molecule has 21 heavy (non-hydrogen) atoms. The predicted octanol–water partition coefficient (Wildman–Crippen LogP) is 4.01. The lowest BCUT2D eigenvalue weighted by molar-refractivity contribution is 0.266. The molecule has 0 saturated heterocycles. The highest BCUT2D eigenvalue weighted by molar-refractivity contribution is 7.80. The van der Waals surface area contributed by atoms with Gasteiger partial charge < -0.3 is 15.2 Å². The van der Waals surface area contributed by atoms with Crippen LogP contribution in [0.2, 0.25) is 0 Å². The summed E-state index contributed by atoms with van der Waals surface area (Å²) in [5, 5.41) is 0. The van der Waals surface area contributed by atoms with Crippen molar-refractivity contribution in [2.75, 3.05) is 13.2 Å². The van der Waals surface area contributed by atoms with Crippen molar-refractivity contribution >= 4 is 17.2 Å². The second-order valence-electron chi connectivity index (χ2n) is 4.91. The molecule has 5 heteroatoms. The molecule has 0 spiro atoms. The maximum absolute atomic E-state index is 14.1. The quantitative estimate of drug-likeness (QED) is 0.663. The summed E-state index contributed by atoms with van der Waals surface area (Å²) in [6.45, 7) is 5.16. The lowest BCUT2D eigenvalue weighted by atomic mass is 10.1. The average molecular weight is 313 g/mol. The van der Waals surface area contributed by atoms with Crippen molar-refractivity contribution in [1.29, 1.82) is 0 Å². The minimum atomic E-state index is -0.270. The summed E-state index contributed by atoms with van der Waals surface area (Å²) in [5.74, 6) is 0.811. The van der Waals surface area contributed by atoms with Crippen LogP contribution >= 0.6 is 12.2 Å². The van der Waals surface area contributed by atoms with Gasteiger partial charge in [-0.1, -0.05) is 26.1 Å². The average Bonchev–Trinajstić information content (AvgIpc) is 2.45. The highest BCUT2D eigenvalue weighted by atomic mass is 32.1. The minimum Gasteiger partial charge on any atom is -0.490 e. The van der Waals surface area contributed by atoms with Gasteiger partial charge >= 0.3 is 0 Å². The van der Waals surface area contributed by atoms with Gasteiger partial charge in [-0.15, -0.1) is 0 Å². The van der Waals surface area contributed by atoms with Gasteiger partial charge in [0.2, 0.25) is 0 Å². The number of aryl methyl sites for hydroxylation is 1. The van der Waals surface area contributed by atoms with E-state index in [1.54, 1.807) is 6.07 Å². The van der Waals surface area contributed by atoms with Crippen LogP contribution in [-0.4, -0.2) is 18.2 Å². The lowest BCUT2D eigenvalue weighted by Crippen LogP contribution is -2.08. The molecule has 0 fully saturated rings. The van der Waals surface area contributed by atoms with Crippen molar-refractivity contribution in [2.24, 2.45) is 5.73 Å². The largest absolute Gasteiger partial charge is 0.490 e. The highest BCUT2D eigenvalue weighted by Gasteiger charge is 2.12. The van der Waals surface area contributed by atoms with Gasteiger partial charge in [-0.2, -0.15) is 0 Å². The molecule has 0 aliphatic heterocycles. The fraction of sp³-hybridized carbons (Fsp3) is 0.562. The van der Waals surface area contributed by atoms with E-state index in [4.69, 9.17) is 27.4 Å². The molecule has 0 atom stereocenters. The third-order valence-electron chi connectivity index (χ3n) is 2.91. The third-order valence-corrected chi connectivity index (χ3v) is 3.11. The number of hydrogen-bond donors (Lipinski definition) is 1. The van der Waals surface area contributed by atoms with Crippen molar-refractivity contribution in [3.8, 4) is 11.5 Å². The van der Waals surface area contributed by atoms with E-state index in [9.17, 15) is 4.39 Å². The van der Waals surface area contributed by atoms with Crippen molar-refractivity contribution in [3.05, 3.63) is 23.5 Å². The number of rotatable bonds is 10. The van der Waals surface area contributed by atoms with Gasteiger partial charge in [-0.3, -0.25) is 0 Å². The second kappa shape index (κ2) is 9.55. The maximum Gasteiger partial charge on any atom is 0.164 e. The third kappa shape index (κ3) is 6.29. The Morgan fingerprint density at radius 1 is 1.14 bits per heavy atom. The Bertz CT molecular complexity index is 466. The fourth-order valence-electron chi connectivity index (χ4n) is 1.87. The minimum absolute atomic E-state index is 0.270. The van der Waals surface area contributed by atoms with Crippen LogP contribution in [-0.2, 0) is 6.42 Å². The monoisotopic (exact) mass is 313 g/mol. The summed E-state index contributed by atoms with van der Waals surface area (Å²) < 4.78 is 25.3. The zero-order valence-corrected chi connectivity index (χ0v) is 13.6. The van der Waals surface area contributed by atoms with Crippen molar-refractivity contribution in [3.63, 3.8) is 0 Å². The summed E-state index contributed by atoms with van der Waals surface area (Å²) in [4.78, 5) is 0.459. The molecule has 0 aromatic heterocycles. The van der Waals surface area contributed by atoms with Gasteiger partial charge in [0.1, 0.15) is 5.82 Å². The van der Waals surface area contributed by atoms with Gasteiger partial charge in [-0.05, 0) is 43.7 Å². The molecule has 3 nitrogen and oxygen atoms in total. The SMILES string of the molecule is CCCOc1cc(F)c(CCCC(N)=S)cc1OCCC. The Morgan fingerprint density at radius 2 is 1.71 bits per heavy atom. The van der Waals surface area contributed by atoms with Gasteiger partial charge in [0, 0.05) is 6.07 Å². The molecule has 0 bridgehead atoms. The molecule has 1 rings (SSSR count). The molecule has 0 heterocycles. The van der Waals surface area contributed by atoms with Crippen molar-refractivity contribution in [2.45, 2.75) is 46.0 Å². The topological polar surface area (TPSA) is 44.5 Å². The zero-order chi connectivity index (χ0) is 15.7. The van der Waals surface area contributed by atoms with E-state index in [2.05, 4.69) is 0 Å². The van der Waals surface area contributed by atoms with E-state index in [1.807, 2.05) is 13.8 Å². The summed E-state index contributed by atoms with van der Waals surface area (Å²) in [7, 11) is 0. The first-order valence-electron chi connectivity index (χ1n) is 7.44. The van der Waals surface area contributed by atoms with Crippen LogP contribution in [0.3, 0.4) is 0 Å². The van der Waals surface area contributed by atoms with Gasteiger partial charge in [0.05, 0.1) is 18.2 Å². The number of thiocarbonyl (C=S) groups is 1. The van der Waals surface area contributed by atoms with Crippen molar-refractivity contribution in [1.82, 2.24) is 0 Å². The Hall–Kier alpha value is -1.36.